The van der Waals surface area contributed by atoms with E-state index in [1.165, 1.54) is 0 Å². The minimum atomic E-state index is -5.26. The summed E-state index contributed by atoms with van der Waals surface area (Å²) in [4.78, 5) is 13.5. The van der Waals surface area contributed by atoms with Crippen molar-refractivity contribution in [3.63, 3.8) is 0 Å². The smallest absolute Gasteiger partial charge is 0.477 e. The molecule has 0 aliphatic rings. The minimum Gasteiger partial charge on any atom is -0.477 e. The number of hydrogen-bond acceptors (Lipinski definition) is 3. The number of aromatic nitrogens is 1. The lowest BCUT2D eigenvalue weighted by molar-refractivity contribution is -0.276. The van der Waals surface area contributed by atoms with Crippen LogP contribution in [0, 0.1) is 3.70 Å². The highest BCUT2D eigenvalue weighted by Gasteiger charge is 2.38. The second kappa shape index (κ2) is 5.02. The maximum absolute atomic E-state index is 12.5. The van der Waals surface area contributed by atoms with Gasteiger partial charge in [-0.3, -0.25) is 0 Å². The molecule has 0 saturated heterocycles. The third-order valence-corrected chi connectivity index (χ3v) is 2.51. The van der Waals surface area contributed by atoms with Crippen LogP contribution in [-0.2, 0) is 6.18 Å². The largest absolute Gasteiger partial charge is 0.574 e. The number of ether oxygens (including phenoxy) is 1. The summed E-state index contributed by atoms with van der Waals surface area (Å²) < 4.78 is 75.7. The number of alkyl halides is 6. The van der Waals surface area contributed by atoms with E-state index in [1.807, 2.05) is 0 Å². The van der Waals surface area contributed by atoms with Gasteiger partial charge in [0.1, 0.15) is 9.26 Å². The number of halogens is 7. The minimum absolute atomic E-state index is 0.0399. The molecule has 1 aromatic heterocycles. The fourth-order valence-corrected chi connectivity index (χ4v) is 1.70. The van der Waals surface area contributed by atoms with Gasteiger partial charge in [-0.05, 0) is 28.7 Å². The zero-order valence-corrected chi connectivity index (χ0v) is 10.6. The lowest BCUT2D eigenvalue weighted by Gasteiger charge is -2.14. The molecule has 19 heavy (non-hydrogen) atoms. The van der Waals surface area contributed by atoms with Gasteiger partial charge in [0.25, 0.3) is 0 Å². The van der Waals surface area contributed by atoms with Crippen LogP contribution in [0.25, 0.3) is 0 Å². The Labute approximate surface area is 114 Å². The second-order valence-electron chi connectivity index (χ2n) is 3.03. The highest BCUT2D eigenvalue weighted by molar-refractivity contribution is 14.1. The summed E-state index contributed by atoms with van der Waals surface area (Å²) in [6.07, 6.45) is -10.2. The molecule has 4 nitrogen and oxygen atoms in total. The van der Waals surface area contributed by atoms with Gasteiger partial charge < -0.3 is 9.84 Å². The quantitative estimate of drug-likeness (QED) is 0.470. The third-order valence-electron chi connectivity index (χ3n) is 1.69. The number of pyridine rings is 1. The Morgan fingerprint density at radius 1 is 1.26 bits per heavy atom. The van der Waals surface area contributed by atoms with Crippen molar-refractivity contribution in [2.45, 2.75) is 12.5 Å². The van der Waals surface area contributed by atoms with Crippen LogP contribution in [-0.4, -0.2) is 22.4 Å². The SMILES string of the molecule is O=C(O)c1cc(C(F)(F)F)c(I)nc1OC(F)(F)F. The van der Waals surface area contributed by atoms with Gasteiger partial charge in [-0.15, -0.1) is 13.2 Å². The molecule has 0 unspecified atom stereocenters. The summed E-state index contributed by atoms with van der Waals surface area (Å²) in [6.45, 7) is 0. The molecule has 0 aliphatic carbocycles. The van der Waals surface area contributed by atoms with E-state index in [-0.39, 0.29) is 6.07 Å². The number of nitrogens with zero attached hydrogens (tertiary/aromatic N) is 1. The predicted octanol–water partition coefficient (Wildman–Crippen LogP) is 3.30. The lowest BCUT2D eigenvalue weighted by Crippen LogP contribution is -2.21. The van der Waals surface area contributed by atoms with Crippen molar-refractivity contribution in [1.82, 2.24) is 4.98 Å². The fourth-order valence-electron chi connectivity index (χ4n) is 1.01. The number of carboxylic acids is 1. The maximum Gasteiger partial charge on any atom is 0.574 e. The first-order valence-corrected chi connectivity index (χ1v) is 5.26. The topological polar surface area (TPSA) is 59.4 Å². The van der Waals surface area contributed by atoms with Crippen molar-refractivity contribution in [1.29, 1.82) is 0 Å². The van der Waals surface area contributed by atoms with E-state index in [2.05, 4.69) is 9.72 Å². The maximum atomic E-state index is 12.5. The van der Waals surface area contributed by atoms with Crippen molar-refractivity contribution in [3.05, 3.63) is 20.9 Å². The van der Waals surface area contributed by atoms with Crippen LogP contribution in [0.5, 0.6) is 5.88 Å². The molecule has 0 bridgehead atoms. The highest BCUT2D eigenvalue weighted by Crippen LogP contribution is 2.35. The summed E-state index contributed by atoms with van der Waals surface area (Å²) in [6, 6.07) is 0.0399. The van der Waals surface area contributed by atoms with Gasteiger partial charge in [0, 0.05) is 0 Å². The molecule has 0 saturated carbocycles. The van der Waals surface area contributed by atoms with Crippen LogP contribution < -0.4 is 4.74 Å². The molecule has 0 aromatic carbocycles. The molecule has 0 aliphatic heterocycles. The van der Waals surface area contributed by atoms with Gasteiger partial charge in [0.15, 0.2) is 0 Å². The standard InChI is InChI=1S/C8H2F6INO3/c9-7(10,11)3-1-2(6(17)18)5(16-4(3)15)19-8(12,13)14/h1H,(H,17,18). The first-order chi connectivity index (χ1) is 8.42. The van der Waals surface area contributed by atoms with Crippen LogP contribution in [0.1, 0.15) is 15.9 Å². The zero-order chi connectivity index (χ0) is 15.0. The first kappa shape index (κ1) is 15.8. The second-order valence-corrected chi connectivity index (χ2v) is 4.05. The Morgan fingerprint density at radius 3 is 2.16 bits per heavy atom. The van der Waals surface area contributed by atoms with E-state index in [0.717, 1.165) is 22.6 Å². The molecule has 0 atom stereocenters. The molecule has 0 radical (unpaired) electrons. The molecule has 1 N–H and O–H groups in total. The Morgan fingerprint density at radius 2 is 1.79 bits per heavy atom. The van der Waals surface area contributed by atoms with Gasteiger partial charge in [0.2, 0.25) is 5.88 Å². The monoisotopic (exact) mass is 401 g/mol. The van der Waals surface area contributed by atoms with Crippen molar-refractivity contribution < 1.29 is 41.0 Å². The van der Waals surface area contributed by atoms with E-state index < -0.39 is 39.2 Å². The molecule has 106 valence electrons. The van der Waals surface area contributed by atoms with Gasteiger partial charge in [0.05, 0.1) is 5.56 Å². The van der Waals surface area contributed by atoms with Gasteiger partial charge in [-0.1, -0.05) is 0 Å². The van der Waals surface area contributed by atoms with Crippen LogP contribution in [0.15, 0.2) is 6.07 Å². The van der Waals surface area contributed by atoms with E-state index in [0.29, 0.717) is 0 Å². The number of hydrogen-bond donors (Lipinski definition) is 1. The predicted molar refractivity (Wildman–Crippen MR) is 55.6 cm³/mol. The molecule has 1 rings (SSSR count). The number of rotatable bonds is 2. The number of carbonyl (C=O) groups is 1. The Hall–Kier alpha value is -1.27. The highest BCUT2D eigenvalue weighted by atomic mass is 127. The van der Waals surface area contributed by atoms with Gasteiger partial charge >= 0.3 is 18.5 Å². The summed E-state index contributed by atoms with van der Waals surface area (Å²) in [5.74, 6) is -3.47. The Balaban J connectivity index is 3.42. The number of aromatic carboxylic acids is 1. The molecule has 0 fully saturated rings. The van der Waals surface area contributed by atoms with Gasteiger partial charge in [-0.25, -0.2) is 9.78 Å². The lowest BCUT2D eigenvalue weighted by atomic mass is 10.2. The summed E-state index contributed by atoms with van der Waals surface area (Å²) in [5.41, 5.74) is -2.79. The average molecular weight is 401 g/mol. The van der Waals surface area contributed by atoms with E-state index in [9.17, 15) is 31.1 Å². The van der Waals surface area contributed by atoms with Crippen molar-refractivity contribution >= 4 is 28.6 Å². The van der Waals surface area contributed by atoms with E-state index in [1.54, 1.807) is 0 Å². The number of carboxylic acid groups (broad SMARTS) is 1. The Bertz CT molecular complexity index is 512. The zero-order valence-electron chi connectivity index (χ0n) is 8.43. The van der Waals surface area contributed by atoms with Crippen molar-refractivity contribution in [2.75, 3.05) is 0 Å². The van der Waals surface area contributed by atoms with Crippen LogP contribution in [0.2, 0.25) is 0 Å². The van der Waals surface area contributed by atoms with Crippen LogP contribution in [0.4, 0.5) is 26.3 Å². The molecule has 1 aromatic rings. The molecule has 1 heterocycles. The van der Waals surface area contributed by atoms with Crippen molar-refractivity contribution in [3.8, 4) is 5.88 Å². The summed E-state index contributed by atoms with van der Waals surface area (Å²) in [5, 5.41) is 8.59. The normalized spacial score (nSPS) is 12.4. The Kier molecular flexibility index (Phi) is 4.17. The molecule has 11 heteroatoms. The molecule has 0 spiro atoms. The van der Waals surface area contributed by atoms with E-state index >= 15 is 0 Å². The average Bonchev–Trinajstić information content (AvgIpc) is 2.11. The summed E-state index contributed by atoms with van der Waals surface area (Å²) >= 11 is 1.03. The van der Waals surface area contributed by atoms with Crippen LogP contribution >= 0.6 is 22.6 Å². The van der Waals surface area contributed by atoms with Gasteiger partial charge in [-0.2, -0.15) is 13.2 Å². The molecular weight excluding hydrogens is 399 g/mol. The fraction of sp³-hybridized carbons (Fsp3) is 0.250. The van der Waals surface area contributed by atoms with E-state index in [4.69, 9.17) is 5.11 Å². The summed E-state index contributed by atoms with van der Waals surface area (Å²) in [7, 11) is 0. The van der Waals surface area contributed by atoms with Crippen molar-refractivity contribution in [2.24, 2.45) is 0 Å². The van der Waals surface area contributed by atoms with Crippen LogP contribution in [0.3, 0.4) is 0 Å². The molecular formula is C8H2F6INO3. The first-order valence-electron chi connectivity index (χ1n) is 4.18. The molecule has 0 amide bonds. The third kappa shape index (κ3) is 4.11.